The van der Waals surface area contributed by atoms with Crippen molar-refractivity contribution in [1.29, 1.82) is 0 Å². The molecule has 0 saturated carbocycles. The summed E-state index contributed by atoms with van der Waals surface area (Å²) in [5.41, 5.74) is 0.221. The van der Waals surface area contributed by atoms with E-state index in [9.17, 15) is 28.0 Å². The smallest absolute Gasteiger partial charge is 0.423 e. The predicted molar refractivity (Wildman–Crippen MR) is 77.9 cm³/mol. The molecule has 2 aromatic rings. The van der Waals surface area contributed by atoms with Crippen LogP contribution in [-0.2, 0) is 12.7 Å². The van der Waals surface area contributed by atoms with Crippen molar-refractivity contribution in [3.63, 3.8) is 0 Å². The third-order valence-electron chi connectivity index (χ3n) is 3.75. The Labute approximate surface area is 129 Å². The van der Waals surface area contributed by atoms with Crippen LogP contribution in [0, 0.1) is 0 Å². The molecule has 0 spiro atoms. The van der Waals surface area contributed by atoms with Crippen LogP contribution in [0.1, 0.15) is 21.5 Å². The minimum Gasteiger partial charge on any atom is -0.423 e. The molecule has 1 heterocycles. The summed E-state index contributed by atoms with van der Waals surface area (Å²) >= 11 is 0. The van der Waals surface area contributed by atoms with Crippen molar-refractivity contribution in [2.24, 2.45) is 0 Å². The van der Waals surface area contributed by atoms with E-state index in [1.807, 2.05) is 0 Å². The number of fused-ring (bicyclic) bond motifs is 1. The molecule has 4 nitrogen and oxygen atoms in total. The van der Waals surface area contributed by atoms with Crippen LogP contribution in [0.5, 0.6) is 0 Å². The number of nitrogens with one attached hydrogen (secondary N) is 1. The number of carbonyl (C=O) groups excluding carboxylic acids is 1. The molecule has 3 rings (SSSR count). The summed E-state index contributed by atoms with van der Waals surface area (Å²) in [4.78, 5) is 11.5. The van der Waals surface area contributed by atoms with E-state index in [1.54, 1.807) is 0 Å². The number of amides is 1. The van der Waals surface area contributed by atoms with Gasteiger partial charge in [-0.3, -0.25) is 4.79 Å². The Hall–Kier alpha value is -2.32. The molecule has 0 bridgehead atoms. The van der Waals surface area contributed by atoms with Gasteiger partial charge < -0.3 is 15.4 Å². The molecule has 0 radical (unpaired) electrons. The molecule has 0 atom stereocenters. The lowest BCUT2D eigenvalue weighted by molar-refractivity contribution is -0.137. The second kappa shape index (κ2) is 5.40. The van der Waals surface area contributed by atoms with Crippen molar-refractivity contribution >= 4 is 18.5 Å². The SMILES string of the molecule is O=C1NCc2cc(-c3cc(B(O)O)ccc3C(F)(F)F)ccc21. The molecule has 0 saturated heterocycles. The van der Waals surface area contributed by atoms with E-state index in [0.29, 0.717) is 11.1 Å². The van der Waals surface area contributed by atoms with Crippen molar-refractivity contribution in [2.45, 2.75) is 12.7 Å². The van der Waals surface area contributed by atoms with Crippen LogP contribution < -0.4 is 10.8 Å². The highest BCUT2D eigenvalue weighted by Gasteiger charge is 2.34. The second-order valence-corrected chi connectivity index (χ2v) is 5.23. The fourth-order valence-corrected chi connectivity index (χ4v) is 2.61. The lowest BCUT2D eigenvalue weighted by atomic mass is 9.78. The van der Waals surface area contributed by atoms with Crippen molar-refractivity contribution in [2.75, 3.05) is 0 Å². The zero-order chi connectivity index (χ0) is 16.8. The zero-order valence-electron chi connectivity index (χ0n) is 11.7. The van der Waals surface area contributed by atoms with Gasteiger partial charge in [-0.1, -0.05) is 18.2 Å². The van der Waals surface area contributed by atoms with Gasteiger partial charge in [0.1, 0.15) is 0 Å². The van der Waals surface area contributed by atoms with Crippen LogP contribution in [0.3, 0.4) is 0 Å². The Kier molecular flexibility index (Phi) is 3.65. The maximum atomic E-state index is 13.2. The molecule has 0 unspecified atom stereocenters. The summed E-state index contributed by atoms with van der Waals surface area (Å²) in [6, 6.07) is 7.33. The standard InChI is InChI=1S/C15H11BF3NO3/c17-15(18,19)13-4-2-10(16(22)23)6-12(13)8-1-3-11-9(5-8)7-20-14(11)21/h1-6,22-23H,7H2,(H,20,21). The van der Waals surface area contributed by atoms with Gasteiger partial charge in [-0.15, -0.1) is 0 Å². The minimum atomic E-state index is -4.58. The van der Waals surface area contributed by atoms with Gasteiger partial charge in [0, 0.05) is 12.1 Å². The van der Waals surface area contributed by atoms with Gasteiger partial charge in [0.25, 0.3) is 5.91 Å². The van der Waals surface area contributed by atoms with Gasteiger partial charge in [0.15, 0.2) is 0 Å². The maximum Gasteiger partial charge on any atom is 0.488 e. The van der Waals surface area contributed by atoms with E-state index in [2.05, 4.69) is 5.32 Å². The summed E-state index contributed by atoms with van der Waals surface area (Å²) in [6.07, 6.45) is -4.58. The summed E-state index contributed by atoms with van der Waals surface area (Å²) in [5.74, 6) is -0.262. The van der Waals surface area contributed by atoms with E-state index >= 15 is 0 Å². The van der Waals surface area contributed by atoms with E-state index in [1.165, 1.54) is 18.2 Å². The first-order chi connectivity index (χ1) is 10.8. The highest BCUT2D eigenvalue weighted by atomic mass is 19.4. The highest BCUT2D eigenvalue weighted by Crippen LogP contribution is 2.37. The van der Waals surface area contributed by atoms with Crippen molar-refractivity contribution in [3.05, 3.63) is 53.1 Å². The Bertz CT molecular complexity index is 790. The molecule has 0 aliphatic carbocycles. The van der Waals surface area contributed by atoms with E-state index in [0.717, 1.165) is 18.2 Å². The lowest BCUT2D eigenvalue weighted by Gasteiger charge is -2.15. The van der Waals surface area contributed by atoms with Gasteiger partial charge in [0.05, 0.1) is 5.56 Å². The van der Waals surface area contributed by atoms with E-state index in [4.69, 9.17) is 0 Å². The fourth-order valence-electron chi connectivity index (χ4n) is 2.61. The molecule has 0 fully saturated rings. The van der Waals surface area contributed by atoms with E-state index in [-0.39, 0.29) is 29.0 Å². The average molecular weight is 321 g/mol. The van der Waals surface area contributed by atoms with Gasteiger partial charge in [-0.2, -0.15) is 13.2 Å². The topological polar surface area (TPSA) is 69.6 Å². The molecule has 0 aromatic heterocycles. The number of halogens is 3. The Balaban J connectivity index is 2.18. The molecule has 1 aliphatic rings. The molecule has 118 valence electrons. The molecule has 1 aliphatic heterocycles. The minimum absolute atomic E-state index is 0.0392. The normalized spacial score (nSPS) is 13.7. The van der Waals surface area contributed by atoms with Gasteiger partial charge in [-0.25, -0.2) is 0 Å². The van der Waals surface area contributed by atoms with Gasteiger partial charge in [0.2, 0.25) is 0 Å². The molecular formula is C15H11BF3NO3. The van der Waals surface area contributed by atoms with Crippen molar-refractivity contribution in [3.8, 4) is 11.1 Å². The first-order valence-corrected chi connectivity index (χ1v) is 6.76. The summed E-state index contributed by atoms with van der Waals surface area (Å²) in [6.45, 7) is 0.256. The second-order valence-electron chi connectivity index (χ2n) is 5.23. The number of alkyl halides is 3. The first kappa shape index (κ1) is 15.6. The van der Waals surface area contributed by atoms with E-state index < -0.39 is 18.9 Å². The third kappa shape index (κ3) is 2.82. The Morgan fingerprint density at radius 1 is 1.04 bits per heavy atom. The predicted octanol–water partition coefficient (Wildman–Crippen LogP) is 1.30. The zero-order valence-corrected chi connectivity index (χ0v) is 11.7. The first-order valence-electron chi connectivity index (χ1n) is 6.76. The van der Waals surface area contributed by atoms with Gasteiger partial charge in [-0.05, 0) is 40.4 Å². The number of benzene rings is 2. The summed E-state index contributed by atoms with van der Waals surface area (Å²) < 4.78 is 39.6. The largest absolute Gasteiger partial charge is 0.488 e. The van der Waals surface area contributed by atoms with Crippen LogP contribution in [-0.4, -0.2) is 23.1 Å². The average Bonchev–Trinajstić information content (AvgIpc) is 2.86. The van der Waals surface area contributed by atoms with Crippen LogP contribution >= 0.6 is 0 Å². The molecule has 1 amide bonds. The maximum absolute atomic E-state index is 13.2. The molecule has 2 aromatic carbocycles. The number of rotatable bonds is 2. The van der Waals surface area contributed by atoms with Crippen molar-refractivity contribution in [1.82, 2.24) is 5.32 Å². The van der Waals surface area contributed by atoms with Crippen LogP contribution in [0.15, 0.2) is 36.4 Å². The fraction of sp³-hybridized carbons (Fsp3) is 0.133. The Morgan fingerprint density at radius 3 is 2.43 bits per heavy atom. The monoisotopic (exact) mass is 321 g/mol. The molecule has 23 heavy (non-hydrogen) atoms. The molecule has 3 N–H and O–H groups in total. The quantitative estimate of drug-likeness (QED) is 0.730. The number of carbonyl (C=O) groups is 1. The highest BCUT2D eigenvalue weighted by molar-refractivity contribution is 6.58. The van der Waals surface area contributed by atoms with Crippen LogP contribution in [0.2, 0.25) is 0 Å². The van der Waals surface area contributed by atoms with Gasteiger partial charge >= 0.3 is 13.3 Å². The number of hydrogen-bond donors (Lipinski definition) is 3. The van der Waals surface area contributed by atoms with Crippen molar-refractivity contribution < 1.29 is 28.0 Å². The summed E-state index contributed by atoms with van der Waals surface area (Å²) in [7, 11) is -1.87. The number of hydrogen-bond acceptors (Lipinski definition) is 3. The third-order valence-corrected chi connectivity index (χ3v) is 3.75. The summed E-state index contributed by atoms with van der Waals surface area (Å²) in [5, 5.41) is 21.0. The lowest BCUT2D eigenvalue weighted by Crippen LogP contribution is -2.30. The van der Waals surface area contributed by atoms with Crippen LogP contribution in [0.4, 0.5) is 13.2 Å². The molecule has 8 heteroatoms. The Morgan fingerprint density at radius 2 is 1.78 bits per heavy atom. The molecular weight excluding hydrogens is 310 g/mol. The van der Waals surface area contributed by atoms with Crippen LogP contribution in [0.25, 0.3) is 11.1 Å².